The average Bonchev–Trinajstić information content (AvgIpc) is 2.16. The minimum absolute atomic E-state index is 0.233. The molecule has 4 heteroatoms. The van der Waals surface area contributed by atoms with Crippen LogP contribution in [0.4, 0.5) is 0 Å². The minimum Gasteiger partial charge on any atom is -0.494 e. The molecule has 4 nitrogen and oxygen atoms in total. The number of nitrogens with zero attached hydrogens (tertiary/aromatic N) is 2. The van der Waals surface area contributed by atoms with Gasteiger partial charge in [-0.25, -0.2) is 0 Å². The van der Waals surface area contributed by atoms with Gasteiger partial charge in [-0.3, -0.25) is 0 Å². The lowest BCUT2D eigenvalue weighted by Crippen LogP contribution is -1.94. The first-order valence-electron chi connectivity index (χ1n) is 3.31. The summed E-state index contributed by atoms with van der Waals surface area (Å²) in [4.78, 5) is 3.87. The second-order valence-corrected chi connectivity index (χ2v) is 2.02. The van der Waals surface area contributed by atoms with Crippen molar-refractivity contribution in [3.63, 3.8) is 0 Å². The van der Waals surface area contributed by atoms with E-state index in [9.17, 15) is 0 Å². The van der Waals surface area contributed by atoms with E-state index in [-0.39, 0.29) is 5.69 Å². The fraction of sp³-hybridized carbons (Fsp3) is 0.250. The van der Waals surface area contributed by atoms with E-state index >= 15 is 0 Å². The molecule has 0 N–H and O–H groups in total. The van der Waals surface area contributed by atoms with Crippen LogP contribution in [0, 0.1) is 11.3 Å². The number of hydrogen-bond donors (Lipinski definition) is 0. The maximum atomic E-state index is 8.62. The number of ether oxygens (including phenoxy) is 2. The van der Waals surface area contributed by atoms with Gasteiger partial charge >= 0.3 is 0 Å². The molecule has 0 spiro atoms. The molecule has 0 fully saturated rings. The van der Waals surface area contributed by atoms with Crippen LogP contribution in [0.3, 0.4) is 0 Å². The molecule has 62 valence electrons. The topological polar surface area (TPSA) is 55.1 Å². The molecule has 0 radical (unpaired) electrons. The van der Waals surface area contributed by atoms with Crippen molar-refractivity contribution in [2.24, 2.45) is 0 Å². The Morgan fingerprint density at radius 2 is 2.08 bits per heavy atom. The quantitative estimate of drug-likeness (QED) is 0.653. The van der Waals surface area contributed by atoms with Crippen molar-refractivity contribution < 1.29 is 9.47 Å². The molecule has 0 aromatic carbocycles. The predicted octanol–water partition coefficient (Wildman–Crippen LogP) is 0.970. The smallest absolute Gasteiger partial charge is 0.214 e. The highest BCUT2D eigenvalue weighted by Crippen LogP contribution is 2.18. The van der Waals surface area contributed by atoms with Gasteiger partial charge in [0.1, 0.15) is 6.07 Å². The Kier molecular flexibility index (Phi) is 2.49. The zero-order valence-electron chi connectivity index (χ0n) is 6.87. The van der Waals surface area contributed by atoms with Crippen LogP contribution in [0.15, 0.2) is 12.1 Å². The number of aromatic nitrogens is 1. The van der Waals surface area contributed by atoms with E-state index in [1.807, 2.05) is 6.07 Å². The maximum Gasteiger partial charge on any atom is 0.214 e. The molecule has 1 rings (SSSR count). The van der Waals surface area contributed by atoms with Crippen molar-refractivity contribution in [3.8, 4) is 17.7 Å². The van der Waals surface area contributed by atoms with E-state index in [4.69, 9.17) is 14.7 Å². The van der Waals surface area contributed by atoms with Crippen LogP contribution in [-0.2, 0) is 0 Å². The maximum absolute atomic E-state index is 8.62. The van der Waals surface area contributed by atoms with Crippen molar-refractivity contribution in [1.82, 2.24) is 4.98 Å². The van der Waals surface area contributed by atoms with E-state index in [0.717, 1.165) is 0 Å². The molecule has 0 aliphatic carbocycles. The monoisotopic (exact) mass is 164 g/mol. The van der Waals surface area contributed by atoms with Crippen LogP contribution in [0.2, 0.25) is 0 Å². The summed E-state index contributed by atoms with van der Waals surface area (Å²) < 4.78 is 9.73. The molecule has 0 aliphatic rings. The van der Waals surface area contributed by atoms with E-state index in [2.05, 4.69) is 4.98 Å². The normalized spacial score (nSPS) is 8.75. The van der Waals surface area contributed by atoms with Gasteiger partial charge in [-0.05, 0) is 6.07 Å². The van der Waals surface area contributed by atoms with Gasteiger partial charge in [-0.15, -0.1) is 0 Å². The van der Waals surface area contributed by atoms with Gasteiger partial charge in [0.15, 0.2) is 11.4 Å². The second-order valence-electron chi connectivity index (χ2n) is 2.02. The summed E-state index contributed by atoms with van der Waals surface area (Å²) in [5.41, 5.74) is 0.233. The highest BCUT2D eigenvalue weighted by atomic mass is 16.5. The number of methoxy groups -OCH3 is 2. The highest BCUT2D eigenvalue weighted by Gasteiger charge is 2.04. The molecule has 1 heterocycles. The molecular weight excluding hydrogens is 156 g/mol. The third kappa shape index (κ3) is 1.45. The first-order valence-corrected chi connectivity index (χ1v) is 3.31. The van der Waals surface area contributed by atoms with Crippen LogP contribution >= 0.6 is 0 Å². The van der Waals surface area contributed by atoms with Crippen molar-refractivity contribution in [1.29, 1.82) is 5.26 Å². The van der Waals surface area contributed by atoms with Crippen LogP contribution < -0.4 is 9.47 Å². The van der Waals surface area contributed by atoms with E-state index in [1.54, 1.807) is 12.1 Å². The Hall–Kier alpha value is -1.76. The van der Waals surface area contributed by atoms with E-state index < -0.39 is 0 Å². The Bertz CT molecular complexity index is 317. The van der Waals surface area contributed by atoms with Crippen molar-refractivity contribution in [2.45, 2.75) is 0 Å². The zero-order valence-corrected chi connectivity index (χ0v) is 6.87. The van der Waals surface area contributed by atoms with Gasteiger partial charge in [0.05, 0.1) is 14.2 Å². The molecule has 0 atom stereocenters. The number of pyridine rings is 1. The third-order valence-electron chi connectivity index (χ3n) is 1.37. The summed E-state index contributed by atoms with van der Waals surface area (Å²) in [6, 6.07) is 5.19. The van der Waals surface area contributed by atoms with Crippen molar-refractivity contribution in [3.05, 3.63) is 17.8 Å². The number of nitriles is 1. The van der Waals surface area contributed by atoms with Gasteiger partial charge in [-0.2, -0.15) is 10.2 Å². The summed E-state index contributed by atoms with van der Waals surface area (Å²) in [5, 5.41) is 8.62. The molecule has 0 saturated heterocycles. The van der Waals surface area contributed by atoms with Crippen LogP contribution in [0.25, 0.3) is 0 Å². The Balaban J connectivity index is 3.13. The van der Waals surface area contributed by atoms with Crippen molar-refractivity contribution in [2.75, 3.05) is 14.2 Å². The van der Waals surface area contributed by atoms with Gasteiger partial charge in [0.25, 0.3) is 0 Å². The number of hydrogen-bond acceptors (Lipinski definition) is 4. The zero-order chi connectivity index (χ0) is 8.97. The van der Waals surface area contributed by atoms with Crippen LogP contribution in [0.1, 0.15) is 5.69 Å². The third-order valence-corrected chi connectivity index (χ3v) is 1.37. The summed E-state index contributed by atoms with van der Waals surface area (Å²) in [6.45, 7) is 0. The molecule has 1 aromatic heterocycles. The lowest BCUT2D eigenvalue weighted by molar-refractivity contribution is 0.386. The lowest BCUT2D eigenvalue weighted by atomic mass is 10.3. The van der Waals surface area contributed by atoms with Gasteiger partial charge in [-0.1, -0.05) is 0 Å². The average molecular weight is 164 g/mol. The lowest BCUT2D eigenvalue weighted by Gasteiger charge is -2.02. The standard InChI is InChI=1S/C8H8N2O2/c1-11-7-3-4-8(12-2)10-6(7)5-9/h3-4H,1-2H3. The molecule has 12 heavy (non-hydrogen) atoms. The Morgan fingerprint density at radius 3 is 2.58 bits per heavy atom. The van der Waals surface area contributed by atoms with Crippen LogP contribution in [-0.4, -0.2) is 19.2 Å². The SMILES string of the molecule is COc1ccc(OC)c(C#N)n1. The Morgan fingerprint density at radius 1 is 1.33 bits per heavy atom. The largest absolute Gasteiger partial charge is 0.494 e. The van der Waals surface area contributed by atoms with Crippen LogP contribution in [0.5, 0.6) is 11.6 Å². The summed E-state index contributed by atoms with van der Waals surface area (Å²) in [7, 11) is 2.99. The molecule has 0 unspecified atom stereocenters. The molecule has 0 amide bonds. The number of rotatable bonds is 2. The first kappa shape index (κ1) is 8.34. The fourth-order valence-corrected chi connectivity index (χ4v) is 0.787. The highest BCUT2D eigenvalue weighted by molar-refractivity contribution is 5.39. The van der Waals surface area contributed by atoms with Gasteiger partial charge in [0, 0.05) is 6.07 Å². The summed E-state index contributed by atoms with van der Waals surface area (Å²) in [5.74, 6) is 0.866. The molecule has 0 bridgehead atoms. The van der Waals surface area contributed by atoms with Crippen molar-refractivity contribution >= 4 is 0 Å². The fourth-order valence-electron chi connectivity index (χ4n) is 0.787. The van der Waals surface area contributed by atoms with E-state index in [1.165, 1.54) is 14.2 Å². The Labute approximate surface area is 70.4 Å². The molecular formula is C8H8N2O2. The minimum atomic E-state index is 0.233. The first-order chi connectivity index (χ1) is 5.81. The summed E-state index contributed by atoms with van der Waals surface area (Å²) >= 11 is 0. The summed E-state index contributed by atoms with van der Waals surface area (Å²) in [6.07, 6.45) is 0. The van der Waals surface area contributed by atoms with E-state index in [0.29, 0.717) is 11.6 Å². The predicted molar refractivity (Wildman–Crippen MR) is 42.1 cm³/mol. The molecule has 1 aromatic rings. The second kappa shape index (κ2) is 3.58. The molecule has 0 aliphatic heterocycles. The molecule has 0 saturated carbocycles. The van der Waals surface area contributed by atoms with Gasteiger partial charge < -0.3 is 9.47 Å². The van der Waals surface area contributed by atoms with Gasteiger partial charge in [0.2, 0.25) is 5.88 Å².